The highest BCUT2D eigenvalue weighted by molar-refractivity contribution is 9.10. The molecule has 102 valence electrons. The second-order valence-electron chi connectivity index (χ2n) is 5.27. The number of H-pyrrole nitrogens is 1. The first kappa shape index (κ1) is 13.3. The smallest absolute Gasteiger partial charge is 0.121 e. The van der Waals surface area contributed by atoms with E-state index < -0.39 is 0 Å². The highest BCUT2D eigenvalue weighted by Crippen LogP contribution is 2.34. The van der Waals surface area contributed by atoms with Crippen molar-refractivity contribution < 1.29 is 5.11 Å². The zero-order chi connectivity index (χ0) is 14.4. The second kappa shape index (κ2) is 4.67. The number of rotatable bonds is 1. The van der Waals surface area contributed by atoms with Crippen molar-refractivity contribution in [2.45, 2.75) is 20.8 Å². The maximum atomic E-state index is 9.91. The van der Waals surface area contributed by atoms with Gasteiger partial charge in [-0.1, -0.05) is 15.9 Å². The van der Waals surface area contributed by atoms with Crippen LogP contribution in [-0.2, 0) is 0 Å². The van der Waals surface area contributed by atoms with Crippen molar-refractivity contribution in [3.05, 3.63) is 51.5 Å². The molecule has 0 atom stereocenters. The molecule has 0 unspecified atom stereocenters. The summed E-state index contributed by atoms with van der Waals surface area (Å²) in [4.78, 5) is 3.48. The van der Waals surface area contributed by atoms with Gasteiger partial charge in [0.25, 0.3) is 0 Å². The first-order valence-corrected chi connectivity index (χ1v) is 7.35. The molecular formula is C17H16BrNO. The number of aromatic hydroxyl groups is 1. The summed E-state index contributed by atoms with van der Waals surface area (Å²) >= 11 is 3.52. The Morgan fingerprint density at radius 1 is 1.00 bits per heavy atom. The van der Waals surface area contributed by atoms with Crippen molar-refractivity contribution in [2.24, 2.45) is 0 Å². The van der Waals surface area contributed by atoms with Gasteiger partial charge >= 0.3 is 0 Å². The number of aryl methyl sites for hydroxylation is 3. The zero-order valence-electron chi connectivity index (χ0n) is 11.7. The van der Waals surface area contributed by atoms with Crippen LogP contribution in [0.15, 0.2) is 34.8 Å². The third-order valence-corrected chi connectivity index (χ3v) is 4.29. The molecule has 0 aliphatic heterocycles. The first-order chi connectivity index (χ1) is 9.47. The van der Waals surface area contributed by atoms with Gasteiger partial charge < -0.3 is 10.1 Å². The summed E-state index contributed by atoms with van der Waals surface area (Å²) in [6.45, 7) is 5.99. The van der Waals surface area contributed by atoms with Crippen LogP contribution in [0.25, 0.3) is 22.2 Å². The monoisotopic (exact) mass is 329 g/mol. The van der Waals surface area contributed by atoms with Crippen LogP contribution in [0.5, 0.6) is 5.75 Å². The molecule has 0 spiro atoms. The molecule has 0 saturated heterocycles. The SMILES string of the molecule is Cc1cc(-c2[nH]c3ccc(Br)cc3c2C)cc(C)c1O. The van der Waals surface area contributed by atoms with Crippen LogP contribution < -0.4 is 0 Å². The summed E-state index contributed by atoms with van der Waals surface area (Å²) in [7, 11) is 0. The van der Waals surface area contributed by atoms with Crippen LogP contribution in [0.4, 0.5) is 0 Å². The van der Waals surface area contributed by atoms with Gasteiger partial charge in [0.05, 0.1) is 0 Å². The summed E-state index contributed by atoms with van der Waals surface area (Å²) < 4.78 is 1.08. The number of benzene rings is 2. The van der Waals surface area contributed by atoms with Crippen molar-refractivity contribution in [1.82, 2.24) is 4.98 Å². The van der Waals surface area contributed by atoms with Gasteiger partial charge in [-0.25, -0.2) is 0 Å². The fourth-order valence-electron chi connectivity index (χ4n) is 2.69. The van der Waals surface area contributed by atoms with Crippen LogP contribution in [-0.4, -0.2) is 10.1 Å². The van der Waals surface area contributed by atoms with E-state index in [1.807, 2.05) is 32.0 Å². The Morgan fingerprint density at radius 2 is 1.65 bits per heavy atom. The van der Waals surface area contributed by atoms with E-state index in [0.29, 0.717) is 5.75 Å². The number of aromatic nitrogens is 1. The molecule has 20 heavy (non-hydrogen) atoms. The van der Waals surface area contributed by atoms with Gasteiger partial charge in [-0.3, -0.25) is 0 Å². The summed E-state index contributed by atoms with van der Waals surface area (Å²) in [6, 6.07) is 10.3. The zero-order valence-corrected chi connectivity index (χ0v) is 13.3. The third kappa shape index (κ3) is 2.02. The first-order valence-electron chi connectivity index (χ1n) is 6.56. The number of aromatic amines is 1. The number of hydrogen-bond donors (Lipinski definition) is 2. The molecule has 3 aromatic rings. The van der Waals surface area contributed by atoms with Gasteiger partial charge in [0.15, 0.2) is 0 Å². The second-order valence-corrected chi connectivity index (χ2v) is 6.19. The van der Waals surface area contributed by atoms with Gasteiger partial charge in [-0.2, -0.15) is 0 Å². The summed E-state index contributed by atoms with van der Waals surface area (Å²) in [5.74, 6) is 0.380. The average Bonchev–Trinajstić information content (AvgIpc) is 2.73. The minimum absolute atomic E-state index is 0.380. The van der Waals surface area contributed by atoms with Crippen LogP contribution >= 0.6 is 15.9 Å². The molecule has 1 heterocycles. The van der Waals surface area contributed by atoms with Crippen LogP contribution in [0.1, 0.15) is 16.7 Å². The van der Waals surface area contributed by atoms with Crippen molar-refractivity contribution in [3.8, 4) is 17.0 Å². The van der Waals surface area contributed by atoms with Crippen molar-refractivity contribution in [3.63, 3.8) is 0 Å². The van der Waals surface area contributed by atoms with Crippen molar-refractivity contribution in [2.75, 3.05) is 0 Å². The number of fused-ring (bicyclic) bond motifs is 1. The van der Waals surface area contributed by atoms with E-state index in [-0.39, 0.29) is 0 Å². The predicted octanol–water partition coefficient (Wildman–Crippen LogP) is 5.23. The summed E-state index contributed by atoms with van der Waals surface area (Å²) in [5.41, 5.74) is 6.39. The molecular weight excluding hydrogens is 314 g/mol. The van der Waals surface area contributed by atoms with Gasteiger partial charge in [0.1, 0.15) is 5.75 Å². The molecule has 0 radical (unpaired) electrons. The third-order valence-electron chi connectivity index (χ3n) is 3.80. The highest BCUT2D eigenvalue weighted by atomic mass is 79.9. The lowest BCUT2D eigenvalue weighted by atomic mass is 10.0. The summed E-state index contributed by atoms with van der Waals surface area (Å²) in [5, 5.41) is 11.1. The van der Waals surface area contributed by atoms with E-state index in [2.05, 4.69) is 40.0 Å². The lowest BCUT2D eigenvalue weighted by Gasteiger charge is -2.07. The number of nitrogens with one attached hydrogen (secondary N) is 1. The Kier molecular flexibility index (Phi) is 3.09. The largest absolute Gasteiger partial charge is 0.507 e. The Hall–Kier alpha value is -1.74. The molecule has 0 fully saturated rings. The molecule has 3 rings (SSSR count). The molecule has 0 bridgehead atoms. The predicted molar refractivity (Wildman–Crippen MR) is 87.3 cm³/mol. The molecule has 1 aromatic heterocycles. The van der Waals surface area contributed by atoms with Gasteiger partial charge in [0, 0.05) is 21.1 Å². The van der Waals surface area contributed by atoms with E-state index in [1.54, 1.807) is 0 Å². The van der Waals surface area contributed by atoms with Crippen LogP contribution in [0.2, 0.25) is 0 Å². The molecule has 2 nitrogen and oxygen atoms in total. The number of hydrogen-bond acceptors (Lipinski definition) is 1. The summed E-state index contributed by atoms with van der Waals surface area (Å²) in [6.07, 6.45) is 0. The molecule has 0 amide bonds. The fraction of sp³-hybridized carbons (Fsp3) is 0.176. The lowest BCUT2D eigenvalue weighted by Crippen LogP contribution is -1.86. The highest BCUT2D eigenvalue weighted by Gasteiger charge is 2.12. The molecule has 0 aliphatic carbocycles. The maximum Gasteiger partial charge on any atom is 0.121 e. The van der Waals surface area contributed by atoms with Gasteiger partial charge in [0.2, 0.25) is 0 Å². The molecule has 3 heteroatoms. The Balaban J connectivity index is 2.27. The van der Waals surface area contributed by atoms with Crippen molar-refractivity contribution in [1.29, 1.82) is 0 Å². The van der Waals surface area contributed by atoms with E-state index in [4.69, 9.17) is 0 Å². The van der Waals surface area contributed by atoms with Crippen molar-refractivity contribution >= 4 is 26.8 Å². The Bertz CT molecular complexity index is 794. The number of phenolic OH excluding ortho intramolecular Hbond substituents is 1. The fourth-order valence-corrected chi connectivity index (χ4v) is 3.05. The molecule has 2 N–H and O–H groups in total. The van der Waals surface area contributed by atoms with Crippen LogP contribution in [0.3, 0.4) is 0 Å². The van der Waals surface area contributed by atoms with E-state index >= 15 is 0 Å². The minimum atomic E-state index is 0.380. The van der Waals surface area contributed by atoms with Gasteiger partial charge in [-0.05, 0) is 73.4 Å². The Labute approximate surface area is 126 Å². The Morgan fingerprint density at radius 3 is 2.30 bits per heavy atom. The number of halogens is 1. The van der Waals surface area contributed by atoms with Gasteiger partial charge in [-0.15, -0.1) is 0 Å². The molecule has 2 aromatic carbocycles. The average molecular weight is 330 g/mol. The maximum absolute atomic E-state index is 9.91. The van der Waals surface area contributed by atoms with E-state index in [0.717, 1.165) is 32.4 Å². The topological polar surface area (TPSA) is 36.0 Å². The van der Waals surface area contributed by atoms with E-state index in [9.17, 15) is 5.11 Å². The quantitative estimate of drug-likeness (QED) is 0.630. The van der Waals surface area contributed by atoms with Crippen LogP contribution in [0, 0.1) is 20.8 Å². The molecule has 0 saturated carbocycles. The molecule has 0 aliphatic rings. The normalized spacial score (nSPS) is 11.2. The standard InChI is InChI=1S/C17H16BrNO/c1-9-6-12(7-10(2)17(9)20)16-11(3)14-8-13(18)4-5-15(14)19-16/h4-8,19-20H,1-3H3. The minimum Gasteiger partial charge on any atom is -0.507 e. The lowest BCUT2D eigenvalue weighted by molar-refractivity contribution is 0.467. The number of phenols is 1. The van der Waals surface area contributed by atoms with E-state index in [1.165, 1.54) is 10.9 Å².